The van der Waals surface area contributed by atoms with E-state index in [1.807, 2.05) is 11.3 Å². The SMILES string of the molecule is Cc1ccc(CC(C)n2ccc3c2CC(C)(C)CC3O)s1. The van der Waals surface area contributed by atoms with Crippen LogP contribution in [0.15, 0.2) is 24.4 Å². The first-order valence-corrected chi connectivity index (χ1v) is 8.60. The van der Waals surface area contributed by atoms with E-state index in [1.54, 1.807) is 0 Å². The highest BCUT2D eigenvalue weighted by atomic mass is 32.1. The molecule has 2 nitrogen and oxygen atoms in total. The highest BCUT2D eigenvalue weighted by Crippen LogP contribution is 2.42. The molecule has 0 saturated heterocycles. The molecule has 2 heterocycles. The lowest BCUT2D eigenvalue weighted by Gasteiger charge is -2.34. The maximum Gasteiger partial charge on any atom is 0.0812 e. The van der Waals surface area contributed by atoms with E-state index in [9.17, 15) is 5.11 Å². The Bertz CT molecular complexity index is 637. The fraction of sp³-hybridized carbons (Fsp3) is 0.556. The standard InChI is InChI=1S/C18H25NOS/c1-12(9-14-6-5-13(2)21-14)19-8-7-15-16(19)10-18(3,4)11-17(15)20/h5-8,12,17,20H,9-11H2,1-4H3. The number of aryl methyl sites for hydroxylation is 1. The summed E-state index contributed by atoms with van der Waals surface area (Å²) < 4.78 is 2.38. The number of aromatic nitrogens is 1. The highest BCUT2D eigenvalue weighted by Gasteiger charge is 2.33. The molecule has 3 rings (SSSR count). The molecule has 0 aliphatic heterocycles. The average Bonchev–Trinajstić information content (AvgIpc) is 2.94. The van der Waals surface area contributed by atoms with Crippen LogP contribution in [0.4, 0.5) is 0 Å². The van der Waals surface area contributed by atoms with Crippen molar-refractivity contribution < 1.29 is 5.11 Å². The van der Waals surface area contributed by atoms with Crippen LogP contribution in [-0.2, 0) is 12.8 Å². The maximum absolute atomic E-state index is 10.4. The monoisotopic (exact) mass is 303 g/mol. The van der Waals surface area contributed by atoms with Crippen LogP contribution in [0, 0.1) is 12.3 Å². The van der Waals surface area contributed by atoms with Crippen molar-refractivity contribution in [3.8, 4) is 0 Å². The number of hydrogen-bond donors (Lipinski definition) is 1. The molecule has 0 radical (unpaired) electrons. The van der Waals surface area contributed by atoms with Crippen molar-refractivity contribution in [1.29, 1.82) is 0 Å². The van der Waals surface area contributed by atoms with E-state index in [0.717, 1.165) is 24.8 Å². The van der Waals surface area contributed by atoms with E-state index in [4.69, 9.17) is 0 Å². The van der Waals surface area contributed by atoms with Crippen LogP contribution in [0.2, 0.25) is 0 Å². The van der Waals surface area contributed by atoms with E-state index < -0.39 is 0 Å². The van der Waals surface area contributed by atoms with Gasteiger partial charge in [0.2, 0.25) is 0 Å². The molecule has 3 heteroatoms. The van der Waals surface area contributed by atoms with Gasteiger partial charge in [0.05, 0.1) is 6.10 Å². The Hall–Kier alpha value is -1.06. The van der Waals surface area contributed by atoms with E-state index in [-0.39, 0.29) is 11.5 Å². The Morgan fingerprint density at radius 1 is 1.38 bits per heavy atom. The minimum atomic E-state index is -0.304. The molecule has 21 heavy (non-hydrogen) atoms. The van der Waals surface area contributed by atoms with E-state index >= 15 is 0 Å². The molecule has 2 aromatic heterocycles. The molecule has 2 unspecified atom stereocenters. The second-order valence-electron chi connectivity index (χ2n) is 7.25. The molecule has 0 spiro atoms. The third kappa shape index (κ3) is 2.95. The Morgan fingerprint density at radius 2 is 2.14 bits per heavy atom. The molecule has 0 saturated carbocycles. The first-order valence-electron chi connectivity index (χ1n) is 7.79. The minimum absolute atomic E-state index is 0.182. The van der Waals surface area contributed by atoms with Crippen LogP contribution in [0.25, 0.3) is 0 Å². The van der Waals surface area contributed by atoms with Crippen LogP contribution in [0.1, 0.15) is 60.3 Å². The van der Waals surface area contributed by atoms with Gasteiger partial charge in [-0.05, 0) is 50.3 Å². The molecule has 2 atom stereocenters. The molecule has 0 fully saturated rings. The number of fused-ring (bicyclic) bond motifs is 1. The molecule has 0 bridgehead atoms. The lowest BCUT2D eigenvalue weighted by Crippen LogP contribution is -2.27. The number of aliphatic hydroxyl groups excluding tert-OH is 1. The van der Waals surface area contributed by atoms with Gasteiger partial charge in [0, 0.05) is 39.7 Å². The van der Waals surface area contributed by atoms with Crippen LogP contribution in [0.5, 0.6) is 0 Å². The Labute approximate surface area is 131 Å². The predicted octanol–water partition coefficient (Wildman–Crippen LogP) is 4.67. The lowest BCUT2D eigenvalue weighted by atomic mass is 9.75. The van der Waals surface area contributed by atoms with Gasteiger partial charge in [-0.15, -0.1) is 11.3 Å². The number of rotatable bonds is 3. The normalized spacial score (nSPS) is 22.0. The third-order valence-corrected chi connectivity index (χ3v) is 5.60. The van der Waals surface area contributed by atoms with Crippen molar-refractivity contribution in [2.24, 2.45) is 5.41 Å². The minimum Gasteiger partial charge on any atom is -0.388 e. The van der Waals surface area contributed by atoms with Gasteiger partial charge in [-0.25, -0.2) is 0 Å². The fourth-order valence-corrected chi connectivity index (χ4v) is 4.56. The van der Waals surface area contributed by atoms with Crippen molar-refractivity contribution in [3.05, 3.63) is 45.4 Å². The fourth-order valence-electron chi connectivity index (χ4n) is 3.55. The summed E-state index contributed by atoms with van der Waals surface area (Å²) in [7, 11) is 0. The summed E-state index contributed by atoms with van der Waals surface area (Å²) in [5, 5.41) is 10.4. The van der Waals surface area contributed by atoms with Gasteiger partial charge in [0.15, 0.2) is 0 Å². The smallest absolute Gasteiger partial charge is 0.0812 e. The summed E-state index contributed by atoms with van der Waals surface area (Å²) in [6, 6.07) is 6.99. The van der Waals surface area contributed by atoms with Crippen molar-refractivity contribution in [2.75, 3.05) is 0 Å². The molecule has 0 aromatic carbocycles. The van der Waals surface area contributed by atoms with Crippen molar-refractivity contribution >= 4 is 11.3 Å². The van der Waals surface area contributed by atoms with Gasteiger partial charge >= 0.3 is 0 Å². The highest BCUT2D eigenvalue weighted by molar-refractivity contribution is 7.11. The molecular formula is C18H25NOS. The van der Waals surface area contributed by atoms with Crippen LogP contribution in [-0.4, -0.2) is 9.67 Å². The number of thiophene rings is 1. The quantitative estimate of drug-likeness (QED) is 0.876. The molecule has 1 aliphatic carbocycles. The summed E-state index contributed by atoms with van der Waals surface area (Å²) in [4.78, 5) is 2.82. The molecule has 0 amide bonds. The first-order chi connectivity index (χ1) is 9.85. The van der Waals surface area contributed by atoms with Crippen molar-refractivity contribution in [2.45, 2.75) is 59.1 Å². The van der Waals surface area contributed by atoms with Gasteiger partial charge in [-0.3, -0.25) is 0 Å². The van der Waals surface area contributed by atoms with Gasteiger partial charge in [0.25, 0.3) is 0 Å². The number of hydrogen-bond acceptors (Lipinski definition) is 2. The van der Waals surface area contributed by atoms with Gasteiger partial charge in [-0.1, -0.05) is 13.8 Å². The molecule has 114 valence electrons. The van der Waals surface area contributed by atoms with Crippen LogP contribution >= 0.6 is 11.3 Å². The summed E-state index contributed by atoms with van der Waals surface area (Å²) in [5.41, 5.74) is 2.66. The van der Waals surface area contributed by atoms with Crippen molar-refractivity contribution in [3.63, 3.8) is 0 Å². The summed E-state index contributed by atoms with van der Waals surface area (Å²) >= 11 is 1.89. The first kappa shape index (κ1) is 14.9. The third-order valence-electron chi connectivity index (χ3n) is 4.58. The van der Waals surface area contributed by atoms with E-state index in [1.165, 1.54) is 15.4 Å². The average molecular weight is 303 g/mol. The summed E-state index contributed by atoms with van der Waals surface area (Å²) in [6.07, 6.45) is 4.85. The van der Waals surface area contributed by atoms with Crippen molar-refractivity contribution in [1.82, 2.24) is 4.57 Å². The number of nitrogens with zero attached hydrogens (tertiary/aromatic N) is 1. The van der Waals surface area contributed by atoms with E-state index in [2.05, 4.69) is 56.7 Å². The second kappa shape index (κ2) is 5.29. The van der Waals surface area contributed by atoms with Gasteiger partial charge in [0.1, 0.15) is 0 Å². The van der Waals surface area contributed by atoms with Crippen LogP contribution < -0.4 is 0 Å². The molecule has 2 aromatic rings. The Morgan fingerprint density at radius 3 is 2.81 bits per heavy atom. The largest absolute Gasteiger partial charge is 0.388 e. The van der Waals surface area contributed by atoms with Gasteiger partial charge < -0.3 is 9.67 Å². The topological polar surface area (TPSA) is 25.2 Å². The zero-order valence-corrected chi connectivity index (χ0v) is 14.2. The second-order valence-corrected chi connectivity index (χ2v) is 8.62. The maximum atomic E-state index is 10.4. The molecular weight excluding hydrogens is 278 g/mol. The van der Waals surface area contributed by atoms with Gasteiger partial charge in [-0.2, -0.15) is 0 Å². The zero-order valence-electron chi connectivity index (χ0n) is 13.4. The Balaban J connectivity index is 1.86. The predicted molar refractivity (Wildman–Crippen MR) is 89.0 cm³/mol. The zero-order chi connectivity index (χ0) is 15.2. The lowest BCUT2D eigenvalue weighted by molar-refractivity contribution is 0.0975. The summed E-state index contributed by atoms with van der Waals surface area (Å²) in [5.74, 6) is 0. The molecule has 1 N–H and O–H groups in total. The van der Waals surface area contributed by atoms with E-state index in [0.29, 0.717) is 6.04 Å². The Kier molecular flexibility index (Phi) is 3.74. The summed E-state index contributed by atoms with van der Waals surface area (Å²) in [6.45, 7) is 8.95. The number of aliphatic hydroxyl groups is 1. The molecule has 1 aliphatic rings. The van der Waals surface area contributed by atoms with Crippen LogP contribution in [0.3, 0.4) is 0 Å².